The summed E-state index contributed by atoms with van der Waals surface area (Å²) < 4.78 is 2.49. The topological polar surface area (TPSA) is 17.8 Å². The van der Waals surface area contributed by atoms with Gasteiger partial charge in [-0.3, -0.25) is 4.98 Å². The molecule has 2 nitrogen and oxygen atoms in total. The number of hydrogen-bond acceptors (Lipinski definition) is 1. The lowest BCUT2D eigenvalue weighted by Gasteiger charge is -2.23. The molecular weight excluding hydrogens is 268 g/mol. The zero-order valence-electron chi connectivity index (χ0n) is 12.9. The smallest absolute Gasteiger partial charge is 0.0887 e. The van der Waals surface area contributed by atoms with Crippen molar-refractivity contribution in [3.05, 3.63) is 54.7 Å². The molecule has 0 atom stereocenters. The van der Waals surface area contributed by atoms with E-state index < -0.39 is 0 Å². The Morgan fingerprint density at radius 1 is 0.955 bits per heavy atom. The van der Waals surface area contributed by atoms with E-state index in [1.54, 1.807) is 0 Å². The predicted molar refractivity (Wildman–Crippen MR) is 91.7 cm³/mol. The highest BCUT2D eigenvalue weighted by Crippen LogP contribution is 2.31. The Balaban J connectivity index is 1.79. The molecule has 2 heterocycles. The van der Waals surface area contributed by atoms with Crippen LogP contribution in [0.1, 0.15) is 32.1 Å². The molecule has 0 spiro atoms. The van der Waals surface area contributed by atoms with Crippen LogP contribution in [0.2, 0.25) is 0 Å². The molecule has 0 saturated heterocycles. The first-order valence-corrected chi connectivity index (χ1v) is 8.41. The number of fused-ring (bicyclic) bond motifs is 1. The number of aromatic nitrogens is 2. The number of rotatable bonds is 3. The Morgan fingerprint density at radius 3 is 2.59 bits per heavy atom. The molecule has 1 aliphatic carbocycles. The van der Waals surface area contributed by atoms with Crippen LogP contribution in [0.4, 0.5) is 0 Å². The highest BCUT2D eigenvalue weighted by Gasteiger charge is 2.18. The van der Waals surface area contributed by atoms with E-state index in [-0.39, 0.29) is 0 Å². The van der Waals surface area contributed by atoms with Gasteiger partial charge in [0.2, 0.25) is 0 Å². The molecule has 1 fully saturated rings. The Labute approximate surface area is 131 Å². The van der Waals surface area contributed by atoms with Crippen molar-refractivity contribution in [1.29, 1.82) is 0 Å². The zero-order chi connectivity index (χ0) is 14.8. The Kier molecular flexibility index (Phi) is 3.67. The van der Waals surface area contributed by atoms with E-state index in [0.29, 0.717) is 0 Å². The summed E-state index contributed by atoms with van der Waals surface area (Å²) in [5.41, 5.74) is 4.97. The van der Waals surface area contributed by atoms with Gasteiger partial charge < -0.3 is 4.57 Å². The fourth-order valence-electron chi connectivity index (χ4n) is 3.76. The first kappa shape index (κ1) is 13.6. The summed E-state index contributed by atoms with van der Waals surface area (Å²) in [5.74, 6) is 0.812. The van der Waals surface area contributed by atoms with E-state index in [1.807, 2.05) is 6.20 Å². The SMILES string of the molecule is c1ccc(-c2cc3ncccc3n2CC2CCCCC2)cc1. The van der Waals surface area contributed by atoms with Gasteiger partial charge in [-0.05, 0) is 42.5 Å². The van der Waals surface area contributed by atoms with Crippen LogP contribution in [0.5, 0.6) is 0 Å². The van der Waals surface area contributed by atoms with Crippen molar-refractivity contribution < 1.29 is 0 Å². The van der Waals surface area contributed by atoms with Gasteiger partial charge in [0.1, 0.15) is 0 Å². The minimum absolute atomic E-state index is 0.812. The molecule has 22 heavy (non-hydrogen) atoms. The minimum Gasteiger partial charge on any atom is -0.339 e. The van der Waals surface area contributed by atoms with Gasteiger partial charge in [-0.15, -0.1) is 0 Å². The number of benzene rings is 1. The van der Waals surface area contributed by atoms with Gasteiger partial charge >= 0.3 is 0 Å². The Bertz CT molecular complexity index is 752. The number of nitrogens with zero attached hydrogens (tertiary/aromatic N) is 2. The summed E-state index contributed by atoms with van der Waals surface area (Å²) in [5, 5.41) is 0. The van der Waals surface area contributed by atoms with Crippen LogP contribution < -0.4 is 0 Å². The number of hydrogen-bond donors (Lipinski definition) is 0. The summed E-state index contributed by atoms with van der Waals surface area (Å²) in [6, 6.07) is 17.2. The van der Waals surface area contributed by atoms with Crippen molar-refractivity contribution >= 4 is 11.0 Å². The molecule has 0 N–H and O–H groups in total. The van der Waals surface area contributed by atoms with E-state index in [0.717, 1.165) is 18.0 Å². The molecule has 0 aliphatic heterocycles. The molecular formula is C20H22N2. The van der Waals surface area contributed by atoms with Crippen LogP contribution >= 0.6 is 0 Å². The Hall–Kier alpha value is -2.09. The second kappa shape index (κ2) is 5.96. The van der Waals surface area contributed by atoms with Crippen LogP contribution in [-0.2, 0) is 6.54 Å². The first-order valence-electron chi connectivity index (χ1n) is 8.41. The van der Waals surface area contributed by atoms with Gasteiger partial charge in [0.15, 0.2) is 0 Å². The minimum atomic E-state index is 0.812. The van der Waals surface area contributed by atoms with Crippen molar-refractivity contribution in [2.45, 2.75) is 38.6 Å². The third-order valence-electron chi connectivity index (χ3n) is 4.91. The molecule has 4 rings (SSSR count). The molecule has 0 amide bonds. The summed E-state index contributed by atoms with van der Waals surface area (Å²) in [6.07, 6.45) is 8.83. The predicted octanol–water partition coefficient (Wildman–Crippen LogP) is 5.28. The molecule has 112 valence electrons. The summed E-state index contributed by atoms with van der Waals surface area (Å²) in [6.45, 7) is 1.12. The highest BCUT2D eigenvalue weighted by molar-refractivity contribution is 5.83. The summed E-state index contributed by atoms with van der Waals surface area (Å²) >= 11 is 0. The molecule has 1 saturated carbocycles. The fourth-order valence-corrected chi connectivity index (χ4v) is 3.76. The van der Waals surface area contributed by atoms with E-state index in [4.69, 9.17) is 0 Å². The van der Waals surface area contributed by atoms with Gasteiger partial charge in [0.05, 0.1) is 16.7 Å². The molecule has 0 unspecified atom stereocenters. The molecule has 2 heteroatoms. The third kappa shape index (κ3) is 2.54. The fraction of sp³-hybridized carbons (Fsp3) is 0.350. The monoisotopic (exact) mass is 290 g/mol. The normalized spacial score (nSPS) is 16.2. The second-order valence-corrected chi connectivity index (χ2v) is 6.42. The maximum atomic E-state index is 4.56. The van der Waals surface area contributed by atoms with Crippen molar-refractivity contribution in [3.63, 3.8) is 0 Å². The van der Waals surface area contributed by atoms with Gasteiger partial charge in [0.25, 0.3) is 0 Å². The summed E-state index contributed by atoms with van der Waals surface area (Å²) in [7, 11) is 0. The van der Waals surface area contributed by atoms with E-state index in [9.17, 15) is 0 Å². The number of pyridine rings is 1. The van der Waals surface area contributed by atoms with E-state index >= 15 is 0 Å². The molecule has 1 aliphatic rings. The van der Waals surface area contributed by atoms with Crippen LogP contribution in [0.15, 0.2) is 54.7 Å². The standard InChI is InChI=1S/C20H22N2/c1-3-8-16(9-4-1)15-22-19-12-7-13-21-18(19)14-20(22)17-10-5-2-6-11-17/h2,5-7,10-14,16H,1,3-4,8-9,15H2. The first-order chi connectivity index (χ1) is 10.9. The maximum Gasteiger partial charge on any atom is 0.0887 e. The zero-order valence-corrected chi connectivity index (χ0v) is 12.9. The lowest BCUT2D eigenvalue weighted by Crippen LogP contribution is -2.14. The average molecular weight is 290 g/mol. The molecule has 3 aromatic rings. The van der Waals surface area contributed by atoms with Crippen LogP contribution in [0.25, 0.3) is 22.3 Å². The lowest BCUT2D eigenvalue weighted by atomic mass is 9.89. The van der Waals surface area contributed by atoms with Crippen molar-refractivity contribution in [1.82, 2.24) is 9.55 Å². The van der Waals surface area contributed by atoms with Gasteiger partial charge in [0, 0.05) is 12.7 Å². The maximum absolute atomic E-state index is 4.56. The largest absolute Gasteiger partial charge is 0.339 e. The van der Waals surface area contributed by atoms with Crippen molar-refractivity contribution in [2.75, 3.05) is 0 Å². The molecule has 1 aromatic carbocycles. The van der Waals surface area contributed by atoms with Crippen molar-refractivity contribution in [3.8, 4) is 11.3 Å². The van der Waals surface area contributed by atoms with Crippen LogP contribution in [0, 0.1) is 5.92 Å². The van der Waals surface area contributed by atoms with Gasteiger partial charge in [-0.25, -0.2) is 0 Å². The van der Waals surface area contributed by atoms with Crippen molar-refractivity contribution in [2.24, 2.45) is 5.92 Å². The Morgan fingerprint density at radius 2 is 1.77 bits per heavy atom. The van der Waals surface area contributed by atoms with Crippen LogP contribution in [0.3, 0.4) is 0 Å². The van der Waals surface area contributed by atoms with E-state index in [2.05, 4.69) is 58.1 Å². The molecule has 2 aromatic heterocycles. The highest BCUT2D eigenvalue weighted by atomic mass is 15.0. The average Bonchev–Trinajstić information content (AvgIpc) is 2.95. The quantitative estimate of drug-likeness (QED) is 0.641. The molecule has 0 bridgehead atoms. The van der Waals surface area contributed by atoms with Gasteiger partial charge in [-0.2, -0.15) is 0 Å². The van der Waals surface area contributed by atoms with Crippen LogP contribution in [-0.4, -0.2) is 9.55 Å². The van der Waals surface area contributed by atoms with E-state index in [1.165, 1.54) is 48.9 Å². The summed E-state index contributed by atoms with van der Waals surface area (Å²) in [4.78, 5) is 4.56. The molecule has 0 radical (unpaired) electrons. The second-order valence-electron chi connectivity index (χ2n) is 6.42. The lowest BCUT2D eigenvalue weighted by molar-refractivity contribution is 0.323. The van der Waals surface area contributed by atoms with Gasteiger partial charge in [-0.1, -0.05) is 49.6 Å². The third-order valence-corrected chi connectivity index (χ3v) is 4.91.